The molecule has 9 nitrogen and oxygen atoms in total. The molecule has 2 amide bonds. The zero-order chi connectivity index (χ0) is 27.6. The molecule has 1 saturated heterocycles. The van der Waals surface area contributed by atoms with Crippen LogP contribution in [0.4, 0.5) is 10.6 Å². The molecule has 5 rings (SSSR count). The summed E-state index contributed by atoms with van der Waals surface area (Å²) in [5.74, 6) is 0.126. The standard InChI is InChI=1S/C28H33ClN6O3S/c1-2-34-15-7-10-21(34)17-32-39(37,38)22-16-25(29)27(31-18-22)33-35(28(30)36)26-23-11-5-3-8-19(23)13-14-20-9-4-6-12-24(20)26/h3-6,8-9,11-12,16,18,21,26,32H,2,7,10,13-15,17H2,1H3,(H2,30,36)(H,31,33). The number of halogens is 1. The molecule has 0 radical (unpaired) electrons. The number of nitrogens with two attached hydrogens (primary N) is 1. The molecule has 1 fully saturated rings. The summed E-state index contributed by atoms with van der Waals surface area (Å²) >= 11 is 6.52. The number of hydrazine groups is 1. The highest BCUT2D eigenvalue weighted by molar-refractivity contribution is 7.89. The molecule has 0 bridgehead atoms. The molecule has 1 aliphatic carbocycles. The summed E-state index contributed by atoms with van der Waals surface area (Å²) in [6.45, 7) is 4.25. The monoisotopic (exact) mass is 568 g/mol. The quantitative estimate of drug-likeness (QED) is 0.352. The first-order valence-electron chi connectivity index (χ1n) is 13.2. The molecule has 0 saturated carbocycles. The van der Waals surface area contributed by atoms with Gasteiger partial charge in [0.05, 0.1) is 5.02 Å². The van der Waals surface area contributed by atoms with Crippen molar-refractivity contribution in [2.45, 2.75) is 49.6 Å². The number of aryl methyl sites for hydroxylation is 2. The number of urea groups is 1. The third-order valence-corrected chi connectivity index (χ3v) is 9.30. The van der Waals surface area contributed by atoms with E-state index >= 15 is 0 Å². The van der Waals surface area contributed by atoms with Crippen molar-refractivity contribution in [3.8, 4) is 0 Å². The number of amides is 2. The molecule has 1 unspecified atom stereocenters. The lowest BCUT2D eigenvalue weighted by Crippen LogP contribution is -2.44. The fourth-order valence-electron chi connectivity index (χ4n) is 5.61. The molecule has 2 aromatic carbocycles. The van der Waals surface area contributed by atoms with Crippen LogP contribution in [0.2, 0.25) is 5.02 Å². The molecule has 3 aromatic rings. The molecular formula is C28H33ClN6O3S. The van der Waals surface area contributed by atoms with Gasteiger partial charge >= 0.3 is 6.03 Å². The number of carbonyl (C=O) groups is 1. The Labute approximate surface area is 234 Å². The van der Waals surface area contributed by atoms with Crippen molar-refractivity contribution in [2.24, 2.45) is 5.73 Å². The van der Waals surface area contributed by atoms with Gasteiger partial charge in [0.2, 0.25) is 10.0 Å². The maximum Gasteiger partial charge on any atom is 0.334 e. The second-order valence-electron chi connectivity index (χ2n) is 9.90. The number of fused-ring (bicyclic) bond motifs is 2. The first kappa shape index (κ1) is 27.4. The van der Waals surface area contributed by atoms with E-state index in [2.05, 4.69) is 39.1 Å². The van der Waals surface area contributed by atoms with E-state index in [4.69, 9.17) is 17.3 Å². The van der Waals surface area contributed by atoms with Gasteiger partial charge < -0.3 is 5.73 Å². The Morgan fingerprint density at radius 3 is 2.36 bits per heavy atom. The number of aromatic nitrogens is 1. The van der Waals surface area contributed by atoms with Crippen LogP contribution < -0.4 is 15.9 Å². The summed E-state index contributed by atoms with van der Waals surface area (Å²) in [6, 6.07) is 16.1. The van der Waals surface area contributed by atoms with Crippen molar-refractivity contribution >= 4 is 33.5 Å². The summed E-state index contributed by atoms with van der Waals surface area (Å²) in [4.78, 5) is 19.3. The summed E-state index contributed by atoms with van der Waals surface area (Å²) in [6.07, 6.45) is 4.89. The van der Waals surface area contributed by atoms with E-state index in [-0.39, 0.29) is 21.8 Å². The van der Waals surface area contributed by atoms with Crippen LogP contribution >= 0.6 is 11.6 Å². The largest absolute Gasteiger partial charge is 0.350 e. The number of pyridine rings is 1. The van der Waals surface area contributed by atoms with E-state index in [9.17, 15) is 13.2 Å². The van der Waals surface area contributed by atoms with Gasteiger partial charge in [-0.15, -0.1) is 0 Å². The lowest BCUT2D eigenvalue weighted by molar-refractivity contribution is 0.207. The Balaban J connectivity index is 1.42. The second kappa shape index (κ2) is 11.5. The van der Waals surface area contributed by atoms with E-state index in [1.165, 1.54) is 17.3 Å². The predicted octanol–water partition coefficient (Wildman–Crippen LogP) is 4.09. The summed E-state index contributed by atoms with van der Waals surface area (Å²) in [5.41, 5.74) is 13.0. The number of nitrogens with one attached hydrogen (secondary N) is 2. The van der Waals surface area contributed by atoms with E-state index in [1.54, 1.807) is 0 Å². The van der Waals surface area contributed by atoms with E-state index < -0.39 is 22.1 Å². The molecule has 206 valence electrons. The van der Waals surface area contributed by atoms with Crippen molar-refractivity contribution in [1.29, 1.82) is 0 Å². The van der Waals surface area contributed by atoms with Crippen LogP contribution in [-0.4, -0.2) is 55.0 Å². The Morgan fingerprint density at radius 1 is 1.13 bits per heavy atom. The molecular weight excluding hydrogens is 536 g/mol. The highest BCUT2D eigenvalue weighted by Crippen LogP contribution is 2.37. The third kappa shape index (κ3) is 5.74. The van der Waals surface area contributed by atoms with Crippen molar-refractivity contribution in [1.82, 2.24) is 19.6 Å². The highest BCUT2D eigenvalue weighted by Gasteiger charge is 2.32. The minimum absolute atomic E-state index is 0.0464. The average Bonchev–Trinajstić information content (AvgIpc) is 3.33. The number of rotatable bonds is 8. The van der Waals surface area contributed by atoms with Crippen LogP contribution in [0, 0.1) is 0 Å². The molecule has 2 aliphatic rings. The van der Waals surface area contributed by atoms with E-state index in [0.29, 0.717) is 6.54 Å². The molecule has 2 heterocycles. The molecule has 1 aromatic heterocycles. The fourth-order valence-corrected chi connectivity index (χ4v) is 6.93. The number of primary amides is 1. The maximum atomic E-state index is 13.0. The van der Waals surface area contributed by atoms with Gasteiger partial charge in [0.1, 0.15) is 10.9 Å². The average molecular weight is 569 g/mol. The Hall–Kier alpha value is -3.18. The summed E-state index contributed by atoms with van der Waals surface area (Å²) in [5, 5.41) is 1.36. The Bertz CT molecular complexity index is 1420. The van der Waals surface area contributed by atoms with Crippen LogP contribution in [-0.2, 0) is 22.9 Å². The highest BCUT2D eigenvalue weighted by atomic mass is 35.5. The van der Waals surface area contributed by atoms with Crippen molar-refractivity contribution < 1.29 is 13.2 Å². The van der Waals surface area contributed by atoms with E-state index in [0.717, 1.165) is 61.0 Å². The molecule has 39 heavy (non-hydrogen) atoms. The number of hydrogen-bond acceptors (Lipinski definition) is 6. The smallest absolute Gasteiger partial charge is 0.334 e. The van der Waals surface area contributed by atoms with Crippen molar-refractivity contribution in [3.63, 3.8) is 0 Å². The number of anilines is 1. The van der Waals surface area contributed by atoms with Gasteiger partial charge in [0.25, 0.3) is 0 Å². The number of carbonyl (C=O) groups excluding carboxylic acids is 1. The SMILES string of the molecule is CCN1CCCC1CNS(=O)(=O)c1cnc(NN(C(N)=O)C2c3ccccc3CCc3ccccc32)c(Cl)c1. The van der Waals surface area contributed by atoms with Crippen molar-refractivity contribution in [3.05, 3.63) is 88.1 Å². The molecule has 1 aliphatic heterocycles. The van der Waals surface area contributed by atoms with Gasteiger partial charge in [0.15, 0.2) is 5.82 Å². The molecule has 4 N–H and O–H groups in total. The summed E-state index contributed by atoms with van der Waals surface area (Å²) < 4.78 is 28.7. The van der Waals surface area contributed by atoms with Crippen molar-refractivity contribution in [2.75, 3.05) is 25.1 Å². The first-order valence-corrected chi connectivity index (χ1v) is 15.0. The van der Waals surface area contributed by atoms with Crippen LogP contribution in [0.15, 0.2) is 65.7 Å². The van der Waals surface area contributed by atoms with Gasteiger partial charge in [-0.2, -0.15) is 0 Å². The number of hydrogen-bond donors (Lipinski definition) is 3. The van der Waals surface area contributed by atoms with Gasteiger partial charge in [-0.1, -0.05) is 67.1 Å². The van der Waals surface area contributed by atoms with Crippen LogP contribution in [0.25, 0.3) is 0 Å². The van der Waals surface area contributed by atoms with Crippen LogP contribution in [0.3, 0.4) is 0 Å². The Kier molecular flexibility index (Phi) is 8.08. The number of likely N-dealkylation sites (tertiary alicyclic amines) is 1. The number of likely N-dealkylation sites (N-methyl/N-ethyl adjacent to an activating group) is 1. The minimum atomic E-state index is -3.83. The second-order valence-corrected chi connectivity index (χ2v) is 12.1. The molecule has 1 atom stereocenters. The normalized spacial score (nSPS) is 17.7. The molecule has 11 heteroatoms. The minimum Gasteiger partial charge on any atom is -0.350 e. The lowest BCUT2D eigenvalue weighted by Gasteiger charge is -2.32. The summed E-state index contributed by atoms with van der Waals surface area (Å²) in [7, 11) is -3.83. The topological polar surface area (TPSA) is 121 Å². The zero-order valence-corrected chi connectivity index (χ0v) is 23.4. The van der Waals surface area contributed by atoms with Crippen LogP contribution in [0.1, 0.15) is 48.1 Å². The zero-order valence-electron chi connectivity index (χ0n) is 21.8. The van der Waals surface area contributed by atoms with Gasteiger partial charge in [-0.3, -0.25) is 10.3 Å². The molecule has 0 spiro atoms. The predicted molar refractivity (Wildman–Crippen MR) is 152 cm³/mol. The first-order chi connectivity index (χ1) is 18.8. The number of sulfonamides is 1. The van der Waals surface area contributed by atoms with Gasteiger partial charge in [-0.25, -0.2) is 27.9 Å². The van der Waals surface area contributed by atoms with Gasteiger partial charge in [-0.05, 0) is 67.1 Å². The number of nitrogens with zero attached hydrogens (tertiary/aromatic N) is 3. The number of benzene rings is 2. The third-order valence-electron chi connectivity index (χ3n) is 7.63. The maximum absolute atomic E-state index is 13.0. The lowest BCUT2D eigenvalue weighted by atomic mass is 9.94. The van der Waals surface area contributed by atoms with Gasteiger partial charge in [0, 0.05) is 18.8 Å². The van der Waals surface area contributed by atoms with E-state index in [1.807, 2.05) is 36.4 Å². The fraction of sp³-hybridized carbons (Fsp3) is 0.357. The Morgan fingerprint density at radius 2 is 1.77 bits per heavy atom. The van der Waals surface area contributed by atoms with Crippen LogP contribution in [0.5, 0.6) is 0 Å².